The van der Waals surface area contributed by atoms with Crippen molar-refractivity contribution in [2.75, 3.05) is 14.2 Å². The van der Waals surface area contributed by atoms with Gasteiger partial charge in [-0.3, -0.25) is 9.59 Å². The second-order valence-corrected chi connectivity index (χ2v) is 5.82. The van der Waals surface area contributed by atoms with Crippen molar-refractivity contribution in [3.8, 4) is 17.4 Å². The van der Waals surface area contributed by atoms with Crippen LogP contribution in [0, 0.1) is 0 Å². The average molecular weight is 424 g/mol. The van der Waals surface area contributed by atoms with Crippen molar-refractivity contribution in [3.63, 3.8) is 0 Å². The van der Waals surface area contributed by atoms with Gasteiger partial charge < -0.3 is 19.7 Å². The third kappa shape index (κ3) is 3.77. The van der Waals surface area contributed by atoms with Crippen molar-refractivity contribution < 1.29 is 29.3 Å². The van der Waals surface area contributed by atoms with Crippen LogP contribution >= 0.6 is 15.9 Å². The summed E-state index contributed by atoms with van der Waals surface area (Å²) in [6.45, 7) is 0. The Hall–Kier alpha value is -3.07. The Bertz CT molecular complexity index is 962. The predicted octanol–water partition coefficient (Wildman–Crippen LogP) is 2.17. The zero-order valence-corrected chi connectivity index (χ0v) is 15.3. The molecule has 2 N–H and O–H groups in total. The number of aromatic nitrogens is 1. The van der Waals surface area contributed by atoms with E-state index in [2.05, 4.69) is 20.7 Å². The Labute approximate surface area is 156 Å². The summed E-state index contributed by atoms with van der Waals surface area (Å²) in [5.74, 6) is -2.71. The Morgan fingerprint density at radius 1 is 1.19 bits per heavy atom. The van der Waals surface area contributed by atoms with Gasteiger partial charge in [0.15, 0.2) is 5.75 Å². The number of halogens is 1. The molecule has 9 heteroatoms. The van der Waals surface area contributed by atoms with Crippen LogP contribution in [-0.2, 0) is 4.74 Å². The lowest BCUT2D eigenvalue weighted by atomic mass is 10.1. The number of methoxy groups -OCH3 is 2. The summed E-state index contributed by atoms with van der Waals surface area (Å²) in [4.78, 5) is 36.0. The van der Waals surface area contributed by atoms with E-state index >= 15 is 0 Å². The summed E-state index contributed by atoms with van der Waals surface area (Å²) in [6, 6.07) is 5.52. The Morgan fingerprint density at radius 3 is 2.50 bits per heavy atom. The molecule has 0 aliphatic carbocycles. The van der Waals surface area contributed by atoms with Crippen LogP contribution in [0.25, 0.3) is 6.08 Å². The maximum absolute atomic E-state index is 12.2. The molecule has 0 saturated carbocycles. The molecular formula is C17H14BrNO7. The minimum absolute atomic E-state index is 0.0908. The van der Waals surface area contributed by atoms with E-state index in [-0.39, 0.29) is 10.0 Å². The lowest BCUT2D eigenvalue weighted by molar-refractivity contribution is 0.0597. The van der Waals surface area contributed by atoms with Crippen molar-refractivity contribution in [1.82, 2.24) is 4.57 Å². The molecule has 0 unspecified atom stereocenters. The molecule has 2 aromatic rings. The monoisotopic (exact) mass is 423 g/mol. The highest BCUT2D eigenvalue weighted by Gasteiger charge is 2.17. The average Bonchev–Trinajstić information content (AvgIpc) is 2.64. The van der Waals surface area contributed by atoms with Crippen LogP contribution in [0.3, 0.4) is 0 Å². The van der Waals surface area contributed by atoms with E-state index in [0.29, 0.717) is 15.9 Å². The summed E-state index contributed by atoms with van der Waals surface area (Å²) >= 11 is 2.90. The topological polar surface area (TPSA) is 115 Å². The van der Waals surface area contributed by atoms with E-state index in [9.17, 15) is 24.6 Å². The van der Waals surface area contributed by atoms with E-state index in [0.717, 1.165) is 12.1 Å². The number of esters is 1. The van der Waals surface area contributed by atoms with E-state index in [1.807, 2.05) is 0 Å². The van der Waals surface area contributed by atoms with Gasteiger partial charge >= 0.3 is 5.97 Å². The first kappa shape index (κ1) is 19.3. The number of hydrogen-bond donors (Lipinski definition) is 2. The molecule has 8 nitrogen and oxygen atoms in total. The van der Waals surface area contributed by atoms with Gasteiger partial charge in [-0.15, -0.1) is 0 Å². The SMILES string of the molecule is COC(=O)c1cc(/C=C/C(=O)n2c(O)c(O)cc(Br)c2=O)ccc1OC. The van der Waals surface area contributed by atoms with Gasteiger partial charge in [0.05, 0.1) is 18.7 Å². The van der Waals surface area contributed by atoms with Gasteiger partial charge in [0.1, 0.15) is 11.3 Å². The highest BCUT2D eigenvalue weighted by Crippen LogP contribution is 2.25. The highest BCUT2D eigenvalue weighted by molar-refractivity contribution is 9.10. The van der Waals surface area contributed by atoms with Gasteiger partial charge in [-0.2, -0.15) is 0 Å². The number of rotatable bonds is 4. The standard InChI is InChI=1S/C17H14BrNO7/c1-25-13-5-3-9(7-10(13)17(24)26-2)4-6-14(21)19-15(22)11(18)8-12(20)16(19)23/h3-8,20,23H,1-2H3/b6-4+. The molecule has 0 fully saturated rings. The maximum Gasteiger partial charge on any atom is 0.341 e. The predicted molar refractivity (Wildman–Crippen MR) is 95.7 cm³/mol. The second kappa shape index (κ2) is 7.87. The molecule has 1 aromatic heterocycles. The number of benzene rings is 1. The number of hydrogen-bond acceptors (Lipinski definition) is 7. The van der Waals surface area contributed by atoms with Crippen molar-refractivity contribution in [2.45, 2.75) is 0 Å². The number of ether oxygens (including phenoxy) is 2. The van der Waals surface area contributed by atoms with Crippen LogP contribution in [-0.4, -0.2) is 40.9 Å². The number of nitrogens with zero attached hydrogens (tertiary/aromatic N) is 1. The van der Waals surface area contributed by atoms with Gasteiger partial charge in [0.2, 0.25) is 5.88 Å². The molecular weight excluding hydrogens is 410 g/mol. The summed E-state index contributed by atoms with van der Waals surface area (Å²) in [5.41, 5.74) is -0.226. The fourth-order valence-corrected chi connectivity index (χ4v) is 2.50. The highest BCUT2D eigenvalue weighted by atomic mass is 79.9. The second-order valence-electron chi connectivity index (χ2n) is 4.96. The number of carbonyl (C=O) groups is 2. The van der Waals surface area contributed by atoms with E-state index in [1.165, 1.54) is 32.4 Å². The van der Waals surface area contributed by atoms with Crippen molar-refractivity contribution in [2.24, 2.45) is 0 Å². The first-order chi connectivity index (χ1) is 12.3. The van der Waals surface area contributed by atoms with Crippen LogP contribution in [0.1, 0.15) is 20.7 Å². The van der Waals surface area contributed by atoms with Gasteiger partial charge in [-0.05, 0) is 39.7 Å². The van der Waals surface area contributed by atoms with E-state index in [4.69, 9.17) is 4.74 Å². The van der Waals surface area contributed by atoms with Gasteiger partial charge in [-0.25, -0.2) is 9.36 Å². The molecule has 26 heavy (non-hydrogen) atoms. The zero-order chi connectivity index (χ0) is 19.4. The number of allylic oxidation sites excluding steroid dienone is 1. The molecule has 0 amide bonds. The van der Waals surface area contributed by atoms with Crippen molar-refractivity contribution in [3.05, 3.63) is 56.3 Å². The molecule has 0 saturated heterocycles. The van der Waals surface area contributed by atoms with Gasteiger partial charge in [0.25, 0.3) is 11.5 Å². The molecule has 2 rings (SSSR count). The van der Waals surface area contributed by atoms with Gasteiger partial charge in [-0.1, -0.05) is 6.07 Å². The molecule has 0 aliphatic heterocycles. The largest absolute Gasteiger partial charge is 0.503 e. The Morgan fingerprint density at radius 2 is 1.88 bits per heavy atom. The number of aromatic hydroxyl groups is 2. The third-order valence-electron chi connectivity index (χ3n) is 3.38. The fourth-order valence-electron chi connectivity index (χ4n) is 2.11. The first-order valence-corrected chi connectivity index (χ1v) is 7.91. The quantitative estimate of drug-likeness (QED) is 0.571. The van der Waals surface area contributed by atoms with Crippen LogP contribution in [0.15, 0.2) is 39.6 Å². The van der Waals surface area contributed by atoms with Crippen LogP contribution in [0.2, 0.25) is 0 Å². The van der Waals surface area contributed by atoms with Crippen LogP contribution in [0.4, 0.5) is 0 Å². The lowest BCUT2D eigenvalue weighted by Gasteiger charge is -2.08. The Balaban J connectivity index is 2.41. The molecule has 0 aliphatic rings. The molecule has 1 aromatic carbocycles. The minimum Gasteiger partial charge on any atom is -0.503 e. The van der Waals surface area contributed by atoms with E-state index < -0.39 is 29.1 Å². The molecule has 0 atom stereocenters. The molecule has 0 bridgehead atoms. The number of carbonyl (C=O) groups excluding carboxylic acids is 2. The van der Waals surface area contributed by atoms with Gasteiger partial charge in [0, 0.05) is 12.1 Å². The summed E-state index contributed by atoms with van der Waals surface area (Å²) in [7, 11) is 2.62. The molecule has 0 spiro atoms. The molecule has 1 heterocycles. The van der Waals surface area contributed by atoms with Crippen LogP contribution < -0.4 is 10.3 Å². The first-order valence-electron chi connectivity index (χ1n) is 7.12. The molecule has 136 valence electrons. The van der Waals surface area contributed by atoms with Crippen molar-refractivity contribution in [1.29, 1.82) is 0 Å². The summed E-state index contributed by atoms with van der Waals surface area (Å²) < 4.78 is 10.1. The normalized spacial score (nSPS) is 10.7. The fraction of sp³-hybridized carbons (Fsp3) is 0.118. The number of pyridine rings is 1. The third-order valence-corrected chi connectivity index (χ3v) is 3.95. The maximum atomic E-state index is 12.2. The smallest absolute Gasteiger partial charge is 0.341 e. The molecule has 0 radical (unpaired) electrons. The zero-order valence-electron chi connectivity index (χ0n) is 13.7. The summed E-state index contributed by atoms with van der Waals surface area (Å²) in [6.07, 6.45) is 2.34. The van der Waals surface area contributed by atoms with E-state index in [1.54, 1.807) is 6.07 Å². The minimum atomic E-state index is -0.889. The van der Waals surface area contributed by atoms with Crippen molar-refractivity contribution >= 4 is 33.9 Å². The Kier molecular flexibility index (Phi) is 5.83. The van der Waals surface area contributed by atoms with Crippen LogP contribution in [0.5, 0.6) is 17.4 Å². The lowest BCUT2D eigenvalue weighted by Crippen LogP contribution is -2.25. The summed E-state index contributed by atoms with van der Waals surface area (Å²) in [5, 5.41) is 19.3.